The fourth-order valence-electron chi connectivity index (χ4n) is 2.94. The van der Waals surface area contributed by atoms with E-state index in [1.807, 2.05) is 0 Å². The summed E-state index contributed by atoms with van der Waals surface area (Å²) in [6.45, 7) is 12.5. The third kappa shape index (κ3) is 3.50. The quantitative estimate of drug-likeness (QED) is 0.891. The molecule has 0 aromatic heterocycles. The first kappa shape index (κ1) is 14.4. The van der Waals surface area contributed by atoms with E-state index < -0.39 is 0 Å². The average molecular weight is 260 g/mol. The zero-order valence-corrected chi connectivity index (χ0v) is 12.9. The van der Waals surface area contributed by atoms with E-state index in [0.717, 1.165) is 12.5 Å². The van der Waals surface area contributed by atoms with Crippen LogP contribution in [0.4, 0.5) is 5.69 Å². The standard InChI is InChI=1S/C17H28N2/c1-5-9-18-17-8-10-19(12-15(17)4)16-7-6-13(2)14(3)11-16/h6-7,11,15,17-18H,5,8-10,12H2,1-4H3. The van der Waals surface area contributed by atoms with Gasteiger partial charge in [0.2, 0.25) is 0 Å². The van der Waals surface area contributed by atoms with E-state index in [0.29, 0.717) is 6.04 Å². The summed E-state index contributed by atoms with van der Waals surface area (Å²) in [4.78, 5) is 2.54. The van der Waals surface area contributed by atoms with Crippen LogP contribution in [-0.2, 0) is 0 Å². The lowest BCUT2D eigenvalue weighted by molar-refractivity contribution is 0.322. The second-order valence-electron chi connectivity index (χ2n) is 6.04. The summed E-state index contributed by atoms with van der Waals surface area (Å²) < 4.78 is 0. The minimum absolute atomic E-state index is 0.697. The summed E-state index contributed by atoms with van der Waals surface area (Å²) in [6, 6.07) is 7.55. The van der Waals surface area contributed by atoms with Gasteiger partial charge in [0.25, 0.3) is 0 Å². The molecular formula is C17H28N2. The fourth-order valence-corrected chi connectivity index (χ4v) is 2.94. The minimum Gasteiger partial charge on any atom is -0.371 e. The highest BCUT2D eigenvalue weighted by atomic mass is 15.2. The molecule has 1 N–H and O–H groups in total. The number of hydrogen-bond acceptors (Lipinski definition) is 2. The van der Waals surface area contributed by atoms with Crippen molar-refractivity contribution in [3.05, 3.63) is 29.3 Å². The van der Waals surface area contributed by atoms with E-state index in [1.54, 1.807) is 0 Å². The van der Waals surface area contributed by atoms with E-state index in [9.17, 15) is 0 Å². The molecule has 0 saturated carbocycles. The molecule has 1 aromatic carbocycles. The Bertz CT molecular complexity index is 414. The van der Waals surface area contributed by atoms with Crippen LogP contribution in [0.3, 0.4) is 0 Å². The number of nitrogens with one attached hydrogen (secondary N) is 1. The molecule has 0 radical (unpaired) electrons. The Morgan fingerprint density at radius 3 is 2.68 bits per heavy atom. The van der Waals surface area contributed by atoms with Gasteiger partial charge in [0, 0.05) is 24.8 Å². The Morgan fingerprint density at radius 2 is 2.05 bits per heavy atom. The van der Waals surface area contributed by atoms with Crippen LogP contribution in [0.5, 0.6) is 0 Å². The zero-order valence-electron chi connectivity index (χ0n) is 12.9. The Morgan fingerprint density at radius 1 is 1.26 bits per heavy atom. The molecule has 1 aliphatic rings. The van der Waals surface area contributed by atoms with Crippen LogP contribution in [0.25, 0.3) is 0 Å². The highest BCUT2D eigenvalue weighted by Crippen LogP contribution is 2.25. The number of rotatable bonds is 4. The fraction of sp³-hybridized carbons (Fsp3) is 0.647. The van der Waals surface area contributed by atoms with Gasteiger partial charge in [0.15, 0.2) is 0 Å². The van der Waals surface area contributed by atoms with E-state index in [2.05, 4.69) is 56.1 Å². The third-order valence-electron chi connectivity index (χ3n) is 4.42. The first-order valence-corrected chi connectivity index (χ1v) is 7.67. The van der Waals surface area contributed by atoms with Crippen molar-refractivity contribution in [3.63, 3.8) is 0 Å². The van der Waals surface area contributed by atoms with Crippen molar-refractivity contribution in [1.29, 1.82) is 0 Å². The number of benzene rings is 1. The van der Waals surface area contributed by atoms with Crippen molar-refractivity contribution in [3.8, 4) is 0 Å². The Labute approximate surface area is 118 Å². The van der Waals surface area contributed by atoms with Gasteiger partial charge in [0.05, 0.1) is 0 Å². The molecule has 1 fully saturated rings. The van der Waals surface area contributed by atoms with Gasteiger partial charge >= 0.3 is 0 Å². The number of piperidine rings is 1. The van der Waals surface area contributed by atoms with Crippen molar-refractivity contribution in [2.24, 2.45) is 5.92 Å². The predicted molar refractivity (Wildman–Crippen MR) is 84.0 cm³/mol. The summed E-state index contributed by atoms with van der Waals surface area (Å²) in [5.41, 5.74) is 4.18. The summed E-state index contributed by atoms with van der Waals surface area (Å²) >= 11 is 0. The highest BCUT2D eigenvalue weighted by molar-refractivity contribution is 5.51. The Balaban J connectivity index is 1.99. The van der Waals surface area contributed by atoms with Crippen LogP contribution in [0.15, 0.2) is 18.2 Å². The van der Waals surface area contributed by atoms with Gasteiger partial charge in [-0.25, -0.2) is 0 Å². The number of hydrogen-bond donors (Lipinski definition) is 1. The van der Waals surface area contributed by atoms with Gasteiger partial charge in [-0.05, 0) is 62.4 Å². The first-order chi connectivity index (χ1) is 9.11. The first-order valence-electron chi connectivity index (χ1n) is 7.67. The third-order valence-corrected chi connectivity index (χ3v) is 4.42. The molecule has 0 amide bonds. The lowest BCUT2D eigenvalue weighted by Gasteiger charge is -2.39. The van der Waals surface area contributed by atoms with E-state index in [4.69, 9.17) is 0 Å². The summed E-state index contributed by atoms with van der Waals surface area (Å²) in [5, 5.41) is 3.69. The van der Waals surface area contributed by atoms with Crippen molar-refractivity contribution < 1.29 is 0 Å². The molecule has 106 valence electrons. The van der Waals surface area contributed by atoms with E-state index >= 15 is 0 Å². The number of nitrogens with zero attached hydrogens (tertiary/aromatic N) is 1. The van der Waals surface area contributed by atoms with E-state index in [1.165, 1.54) is 42.7 Å². The van der Waals surface area contributed by atoms with Crippen LogP contribution >= 0.6 is 0 Å². The maximum absolute atomic E-state index is 3.69. The van der Waals surface area contributed by atoms with Crippen LogP contribution in [-0.4, -0.2) is 25.7 Å². The summed E-state index contributed by atoms with van der Waals surface area (Å²) in [6.07, 6.45) is 2.48. The number of anilines is 1. The molecule has 2 rings (SSSR count). The largest absolute Gasteiger partial charge is 0.371 e. The second kappa shape index (κ2) is 6.42. The molecule has 1 aromatic rings. The molecule has 0 aliphatic carbocycles. The molecule has 2 heteroatoms. The normalized spacial score (nSPS) is 23.7. The monoisotopic (exact) mass is 260 g/mol. The number of aryl methyl sites for hydroxylation is 2. The van der Waals surface area contributed by atoms with Crippen molar-refractivity contribution in [2.75, 3.05) is 24.5 Å². The molecule has 1 aliphatic heterocycles. The Hall–Kier alpha value is -1.02. The molecule has 0 spiro atoms. The minimum atomic E-state index is 0.697. The van der Waals surface area contributed by atoms with Gasteiger partial charge in [-0.2, -0.15) is 0 Å². The van der Waals surface area contributed by atoms with Crippen molar-refractivity contribution >= 4 is 5.69 Å². The van der Waals surface area contributed by atoms with Gasteiger partial charge in [-0.1, -0.05) is 19.9 Å². The predicted octanol–water partition coefficient (Wildman–Crippen LogP) is 3.52. The summed E-state index contributed by atoms with van der Waals surface area (Å²) in [5.74, 6) is 0.724. The van der Waals surface area contributed by atoms with Crippen molar-refractivity contribution in [2.45, 2.75) is 46.6 Å². The summed E-state index contributed by atoms with van der Waals surface area (Å²) in [7, 11) is 0. The highest BCUT2D eigenvalue weighted by Gasteiger charge is 2.25. The van der Waals surface area contributed by atoms with Crippen molar-refractivity contribution in [1.82, 2.24) is 5.32 Å². The molecule has 2 unspecified atom stereocenters. The van der Waals surface area contributed by atoms with Gasteiger partial charge < -0.3 is 10.2 Å². The van der Waals surface area contributed by atoms with Crippen LogP contribution in [0, 0.1) is 19.8 Å². The Kier molecular flexibility index (Phi) is 4.87. The van der Waals surface area contributed by atoms with Gasteiger partial charge in [-0.3, -0.25) is 0 Å². The van der Waals surface area contributed by atoms with E-state index in [-0.39, 0.29) is 0 Å². The zero-order chi connectivity index (χ0) is 13.8. The lowest BCUT2D eigenvalue weighted by atomic mass is 9.93. The lowest BCUT2D eigenvalue weighted by Crippen LogP contribution is -2.48. The molecule has 0 bridgehead atoms. The molecule has 19 heavy (non-hydrogen) atoms. The van der Waals surface area contributed by atoms with Crippen LogP contribution in [0.1, 0.15) is 37.8 Å². The molecule has 1 saturated heterocycles. The maximum atomic E-state index is 3.69. The van der Waals surface area contributed by atoms with Crippen LogP contribution < -0.4 is 10.2 Å². The topological polar surface area (TPSA) is 15.3 Å². The molecule has 2 nitrogen and oxygen atoms in total. The maximum Gasteiger partial charge on any atom is 0.0369 e. The smallest absolute Gasteiger partial charge is 0.0369 e. The van der Waals surface area contributed by atoms with Gasteiger partial charge in [0.1, 0.15) is 0 Å². The van der Waals surface area contributed by atoms with Crippen LogP contribution in [0.2, 0.25) is 0 Å². The molecular weight excluding hydrogens is 232 g/mol. The SMILES string of the molecule is CCCNC1CCN(c2ccc(C)c(C)c2)CC1C. The second-order valence-corrected chi connectivity index (χ2v) is 6.04. The average Bonchev–Trinajstić information content (AvgIpc) is 2.40. The molecule has 2 atom stereocenters. The molecule has 1 heterocycles. The van der Waals surface area contributed by atoms with Gasteiger partial charge in [-0.15, -0.1) is 0 Å².